The lowest BCUT2D eigenvalue weighted by molar-refractivity contribution is -0.870. The summed E-state index contributed by atoms with van der Waals surface area (Å²) in [7, 11) is 6.86. The van der Waals surface area contributed by atoms with E-state index in [4.69, 9.17) is 10.5 Å². The Kier molecular flexibility index (Phi) is 17.7. The Morgan fingerprint density at radius 2 is 1.00 bits per heavy atom. The summed E-state index contributed by atoms with van der Waals surface area (Å²) in [5.74, 6) is 0. The molecule has 0 heterocycles. The second kappa shape index (κ2) is 15.9. The molecule has 0 aliphatic heterocycles. The third-order valence-corrected chi connectivity index (χ3v) is 3.18. The van der Waals surface area contributed by atoms with E-state index >= 15 is 0 Å². The first kappa shape index (κ1) is 21.1. The van der Waals surface area contributed by atoms with Crippen molar-refractivity contribution >= 4 is 0 Å². The molecule has 0 saturated heterocycles. The first-order chi connectivity index (χ1) is 8.97. The average molecular weight is 278 g/mol. The van der Waals surface area contributed by atoms with Gasteiger partial charge in [0, 0.05) is 0 Å². The summed E-state index contributed by atoms with van der Waals surface area (Å²) in [5, 5.41) is 15.5. The first-order valence-electron chi connectivity index (χ1n) is 7.73. The fraction of sp³-hybridized carbons (Fsp3) is 1.00. The van der Waals surface area contributed by atoms with Gasteiger partial charge in [-0.15, -0.1) is 0 Å². The molecule has 0 bridgehead atoms. The quantitative estimate of drug-likeness (QED) is 0.252. The lowest BCUT2D eigenvalue weighted by Gasteiger charge is -2.23. The van der Waals surface area contributed by atoms with Crippen molar-refractivity contribution in [1.29, 1.82) is 0 Å². The van der Waals surface area contributed by atoms with Gasteiger partial charge in [0.15, 0.2) is 0 Å². The molecule has 0 aliphatic carbocycles. The fourth-order valence-corrected chi connectivity index (χ4v) is 2.07. The van der Waals surface area contributed by atoms with E-state index in [0.29, 0.717) is 0 Å². The SMILES string of the molecule is CCCCCCCCCCCC[N+](C)(C)C.OOO. The zero-order valence-corrected chi connectivity index (χ0v) is 13.5. The Morgan fingerprint density at radius 3 is 1.32 bits per heavy atom. The molecule has 2 N–H and O–H groups in total. The van der Waals surface area contributed by atoms with Gasteiger partial charge in [-0.2, -0.15) is 0 Å². The van der Waals surface area contributed by atoms with Crippen LogP contribution in [-0.4, -0.2) is 42.7 Å². The van der Waals surface area contributed by atoms with Gasteiger partial charge in [0.2, 0.25) is 0 Å². The maximum absolute atomic E-state index is 6.62. The van der Waals surface area contributed by atoms with Crippen LogP contribution in [0.3, 0.4) is 0 Å². The van der Waals surface area contributed by atoms with Crippen LogP contribution in [-0.2, 0) is 5.04 Å². The van der Waals surface area contributed by atoms with Crippen molar-refractivity contribution < 1.29 is 20.0 Å². The van der Waals surface area contributed by atoms with Crippen molar-refractivity contribution in [2.24, 2.45) is 0 Å². The van der Waals surface area contributed by atoms with Crippen LogP contribution in [0.2, 0.25) is 0 Å². The van der Waals surface area contributed by atoms with Crippen LogP contribution in [0.5, 0.6) is 0 Å². The monoisotopic (exact) mass is 278 g/mol. The smallest absolute Gasteiger partial charge is 0.0780 e. The minimum absolute atomic E-state index is 1.12. The zero-order valence-electron chi connectivity index (χ0n) is 13.5. The Labute approximate surface area is 119 Å². The van der Waals surface area contributed by atoms with E-state index in [1.54, 1.807) is 0 Å². The van der Waals surface area contributed by atoms with E-state index in [1.807, 2.05) is 0 Å². The Balaban J connectivity index is 0. The summed E-state index contributed by atoms with van der Waals surface area (Å²) in [6, 6.07) is 0. The Bertz CT molecular complexity index is 158. The standard InChI is InChI=1S/C15H34N.H2O3/c1-5-6-7-8-9-10-11-12-13-14-15-16(2,3)4;1-3-2/h5-15H2,1-4H3;1-2H/q+1;. The van der Waals surface area contributed by atoms with Crippen LogP contribution < -0.4 is 0 Å². The molecular formula is C15H36NO3+. The van der Waals surface area contributed by atoms with Gasteiger partial charge in [0.1, 0.15) is 0 Å². The predicted molar refractivity (Wildman–Crippen MR) is 81.1 cm³/mol. The van der Waals surface area contributed by atoms with Gasteiger partial charge in [-0.3, -0.25) is 0 Å². The van der Waals surface area contributed by atoms with Gasteiger partial charge in [0.25, 0.3) is 0 Å². The maximum Gasteiger partial charge on any atom is 0.0780 e. The minimum Gasteiger partial charge on any atom is -0.331 e. The lowest BCUT2D eigenvalue weighted by Crippen LogP contribution is -2.35. The molecule has 19 heavy (non-hydrogen) atoms. The summed E-state index contributed by atoms with van der Waals surface area (Å²) in [6.07, 6.45) is 14.4. The van der Waals surface area contributed by atoms with Gasteiger partial charge < -0.3 is 4.48 Å². The van der Waals surface area contributed by atoms with Gasteiger partial charge in [0.05, 0.1) is 27.7 Å². The van der Waals surface area contributed by atoms with E-state index in [9.17, 15) is 0 Å². The van der Waals surface area contributed by atoms with Crippen molar-refractivity contribution in [3.8, 4) is 0 Å². The van der Waals surface area contributed by atoms with Crippen molar-refractivity contribution in [3.63, 3.8) is 0 Å². The number of rotatable bonds is 11. The highest BCUT2D eigenvalue weighted by Crippen LogP contribution is 2.10. The molecule has 0 aromatic heterocycles. The first-order valence-corrected chi connectivity index (χ1v) is 7.73. The second-order valence-electron chi connectivity index (χ2n) is 6.28. The average Bonchev–Trinajstić information content (AvgIpc) is 2.31. The molecule has 0 fully saturated rings. The molecular weight excluding hydrogens is 242 g/mol. The molecule has 0 aliphatic rings. The predicted octanol–water partition coefficient (Wildman–Crippen LogP) is 4.56. The zero-order chi connectivity index (χ0) is 15.0. The molecule has 0 spiro atoms. The van der Waals surface area contributed by atoms with E-state index < -0.39 is 0 Å². The largest absolute Gasteiger partial charge is 0.331 e. The van der Waals surface area contributed by atoms with Crippen LogP contribution in [0.15, 0.2) is 0 Å². The van der Waals surface area contributed by atoms with E-state index in [0.717, 1.165) is 4.48 Å². The number of nitrogens with zero attached hydrogens (tertiary/aromatic N) is 1. The summed E-state index contributed by atoms with van der Waals surface area (Å²) < 4.78 is 1.12. The van der Waals surface area contributed by atoms with Crippen molar-refractivity contribution in [3.05, 3.63) is 0 Å². The third kappa shape index (κ3) is 27.2. The Hall–Kier alpha value is -0.160. The number of unbranched alkanes of at least 4 members (excludes halogenated alkanes) is 9. The molecule has 4 heteroatoms. The molecule has 0 unspecified atom stereocenters. The summed E-state index contributed by atoms with van der Waals surface area (Å²) in [4.78, 5) is 0. The van der Waals surface area contributed by atoms with Crippen LogP contribution in [0.25, 0.3) is 0 Å². The third-order valence-electron chi connectivity index (χ3n) is 3.18. The highest BCUT2D eigenvalue weighted by Gasteiger charge is 2.04. The molecule has 0 atom stereocenters. The van der Waals surface area contributed by atoms with Crippen LogP contribution in [0, 0.1) is 0 Å². The van der Waals surface area contributed by atoms with Crippen LogP contribution in [0.4, 0.5) is 0 Å². The second-order valence-corrected chi connectivity index (χ2v) is 6.28. The maximum atomic E-state index is 6.62. The highest BCUT2D eigenvalue weighted by molar-refractivity contribution is 4.47. The van der Waals surface area contributed by atoms with E-state index in [1.165, 1.54) is 70.8 Å². The Morgan fingerprint density at radius 1 is 0.684 bits per heavy atom. The van der Waals surface area contributed by atoms with Gasteiger partial charge in [-0.05, 0) is 12.8 Å². The van der Waals surface area contributed by atoms with Gasteiger partial charge >= 0.3 is 0 Å². The number of hydrogen-bond acceptors (Lipinski definition) is 3. The number of hydrogen-bond donors (Lipinski definition) is 2. The topological polar surface area (TPSA) is 49.7 Å². The van der Waals surface area contributed by atoms with E-state index in [2.05, 4.69) is 33.1 Å². The van der Waals surface area contributed by atoms with Crippen molar-refractivity contribution in [2.45, 2.75) is 71.1 Å². The van der Waals surface area contributed by atoms with Gasteiger partial charge in [-0.1, -0.05) is 63.3 Å². The molecule has 0 amide bonds. The van der Waals surface area contributed by atoms with Crippen molar-refractivity contribution in [1.82, 2.24) is 0 Å². The molecule has 0 aromatic rings. The summed E-state index contributed by atoms with van der Waals surface area (Å²) in [6.45, 7) is 3.62. The van der Waals surface area contributed by atoms with Crippen LogP contribution in [0.1, 0.15) is 71.1 Å². The fourth-order valence-electron chi connectivity index (χ4n) is 2.07. The molecule has 4 nitrogen and oxygen atoms in total. The normalized spacial score (nSPS) is 11.1. The molecule has 0 aromatic carbocycles. The summed E-state index contributed by atoms with van der Waals surface area (Å²) in [5.41, 5.74) is 0. The summed E-state index contributed by atoms with van der Waals surface area (Å²) >= 11 is 0. The van der Waals surface area contributed by atoms with E-state index in [-0.39, 0.29) is 0 Å². The molecule has 0 rings (SSSR count). The molecule has 0 radical (unpaired) electrons. The molecule has 0 saturated carbocycles. The van der Waals surface area contributed by atoms with Crippen LogP contribution >= 0.6 is 0 Å². The minimum atomic E-state index is 1.12. The van der Waals surface area contributed by atoms with Crippen molar-refractivity contribution in [2.75, 3.05) is 27.7 Å². The lowest BCUT2D eigenvalue weighted by atomic mass is 10.1. The number of quaternary nitrogens is 1. The highest BCUT2D eigenvalue weighted by atomic mass is 17.4. The molecule has 118 valence electrons. The van der Waals surface area contributed by atoms with Gasteiger partial charge in [-0.25, -0.2) is 10.5 Å².